The van der Waals surface area contributed by atoms with Crippen LogP contribution in [0.2, 0.25) is 0 Å². The van der Waals surface area contributed by atoms with Crippen LogP contribution < -0.4 is 5.32 Å². The number of aromatic nitrogens is 2. The summed E-state index contributed by atoms with van der Waals surface area (Å²) in [7, 11) is 0. The topological polar surface area (TPSA) is 37.8 Å². The number of hydrogen-bond acceptors (Lipinski definition) is 3. The van der Waals surface area contributed by atoms with Crippen LogP contribution in [-0.2, 0) is 6.54 Å². The molecule has 0 aliphatic rings. The van der Waals surface area contributed by atoms with E-state index in [1.54, 1.807) is 0 Å². The summed E-state index contributed by atoms with van der Waals surface area (Å²) in [4.78, 5) is 8.65. The van der Waals surface area contributed by atoms with Crippen molar-refractivity contribution < 1.29 is 0 Å². The normalized spacial score (nSPS) is 12.3. The molecule has 1 aromatic carbocycles. The summed E-state index contributed by atoms with van der Waals surface area (Å²) in [5, 5.41) is 3.57. The number of nitrogens with zero attached hydrogens (tertiary/aromatic N) is 2. The molecule has 1 atom stereocenters. The van der Waals surface area contributed by atoms with Gasteiger partial charge < -0.3 is 5.32 Å². The molecule has 0 bridgehead atoms. The van der Waals surface area contributed by atoms with Gasteiger partial charge in [0.15, 0.2) is 0 Å². The molecule has 3 heteroatoms. The van der Waals surface area contributed by atoms with E-state index < -0.39 is 0 Å². The monoisotopic (exact) mass is 255 g/mol. The van der Waals surface area contributed by atoms with Crippen LogP contribution in [0.5, 0.6) is 0 Å². The standard InChI is InChI=1S/C16H21N3/c1-3-7-16(14-8-5-4-6-9-14)19-12-15-11-17-13(2)10-18-15/h4-6,8-11,16,19H,3,7,12H2,1-2H3. The van der Waals surface area contributed by atoms with Gasteiger partial charge in [0.05, 0.1) is 11.4 Å². The van der Waals surface area contributed by atoms with E-state index >= 15 is 0 Å². The first-order valence-electron chi connectivity index (χ1n) is 6.85. The van der Waals surface area contributed by atoms with E-state index in [1.165, 1.54) is 5.56 Å². The van der Waals surface area contributed by atoms with Gasteiger partial charge in [-0.15, -0.1) is 0 Å². The molecule has 2 aromatic rings. The van der Waals surface area contributed by atoms with Crippen LogP contribution in [-0.4, -0.2) is 9.97 Å². The van der Waals surface area contributed by atoms with Crippen LogP contribution in [0.25, 0.3) is 0 Å². The Morgan fingerprint density at radius 3 is 2.53 bits per heavy atom. The molecule has 0 amide bonds. The summed E-state index contributed by atoms with van der Waals surface area (Å²) in [6.45, 7) is 4.92. The van der Waals surface area contributed by atoms with Crippen molar-refractivity contribution in [1.29, 1.82) is 0 Å². The zero-order valence-corrected chi connectivity index (χ0v) is 11.6. The number of nitrogens with one attached hydrogen (secondary N) is 1. The third-order valence-corrected chi connectivity index (χ3v) is 3.14. The molecule has 0 radical (unpaired) electrons. The molecule has 1 N–H and O–H groups in total. The molecule has 2 rings (SSSR count). The second-order valence-corrected chi connectivity index (χ2v) is 4.78. The second-order valence-electron chi connectivity index (χ2n) is 4.78. The highest BCUT2D eigenvalue weighted by molar-refractivity contribution is 5.19. The lowest BCUT2D eigenvalue weighted by molar-refractivity contribution is 0.489. The molecule has 0 spiro atoms. The van der Waals surface area contributed by atoms with Crippen molar-refractivity contribution in [2.24, 2.45) is 0 Å². The summed E-state index contributed by atoms with van der Waals surface area (Å²) in [5.41, 5.74) is 3.28. The highest BCUT2D eigenvalue weighted by Gasteiger charge is 2.09. The molecular formula is C16H21N3. The fraction of sp³-hybridized carbons (Fsp3) is 0.375. The maximum Gasteiger partial charge on any atom is 0.0724 e. The van der Waals surface area contributed by atoms with Crippen molar-refractivity contribution in [2.45, 2.75) is 39.3 Å². The van der Waals surface area contributed by atoms with Gasteiger partial charge in [0.25, 0.3) is 0 Å². The van der Waals surface area contributed by atoms with E-state index in [9.17, 15) is 0 Å². The number of rotatable bonds is 6. The quantitative estimate of drug-likeness (QED) is 0.859. The first kappa shape index (κ1) is 13.7. The molecule has 1 heterocycles. The van der Waals surface area contributed by atoms with E-state index in [0.29, 0.717) is 6.04 Å². The minimum Gasteiger partial charge on any atom is -0.304 e. The van der Waals surface area contributed by atoms with Gasteiger partial charge in [0, 0.05) is 25.0 Å². The molecule has 100 valence electrons. The fourth-order valence-corrected chi connectivity index (χ4v) is 2.10. The van der Waals surface area contributed by atoms with Gasteiger partial charge in [-0.2, -0.15) is 0 Å². The van der Waals surface area contributed by atoms with Gasteiger partial charge in [-0.1, -0.05) is 43.7 Å². The van der Waals surface area contributed by atoms with Crippen molar-refractivity contribution in [3.63, 3.8) is 0 Å². The highest BCUT2D eigenvalue weighted by Crippen LogP contribution is 2.18. The predicted octanol–water partition coefficient (Wildman–Crippen LogP) is 3.42. The van der Waals surface area contributed by atoms with Crippen molar-refractivity contribution in [3.8, 4) is 0 Å². The van der Waals surface area contributed by atoms with Crippen LogP contribution in [0.15, 0.2) is 42.7 Å². The smallest absolute Gasteiger partial charge is 0.0724 e. The molecule has 19 heavy (non-hydrogen) atoms. The van der Waals surface area contributed by atoms with Gasteiger partial charge in [-0.3, -0.25) is 9.97 Å². The van der Waals surface area contributed by atoms with E-state index in [-0.39, 0.29) is 0 Å². The van der Waals surface area contributed by atoms with Crippen LogP contribution in [0.1, 0.15) is 42.8 Å². The molecule has 0 fully saturated rings. The summed E-state index contributed by atoms with van der Waals surface area (Å²) in [6.07, 6.45) is 5.94. The molecule has 0 aliphatic carbocycles. The van der Waals surface area contributed by atoms with Crippen LogP contribution in [0.4, 0.5) is 0 Å². The Morgan fingerprint density at radius 2 is 1.89 bits per heavy atom. The second kappa shape index (κ2) is 7.00. The lowest BCUT2D eigenvalue weighted by atomic mass is 10.0. The summed E-state index contributed by atoms with van der Waals surface area (Å²) < 4.78 is 0. The first-order valence-corrected chi connectivity index (χ1v) is 6.85. The van der Waals surface area contributed by atoms with Crippen LogP contribution >= 0.6 is 0 Å². The third-order valence-electron chi connectivity index (χ3n) is 3.14. The van der Waals surface area contributed by atoms with E-state index in [1.807, 2.05) is 19.3 Å². The maximum atomic E-state index is 4.38. The first-order chi connectivity index (χ1) is 9.29. The lowest BCUT2D eigenvalue weighted by Gasteiger charge is -2.18. The Labute approximate surface area is 115 Å². The number of benzene rings is 1. The molecule has 1 aromatic heterocycles. The maximum absolute atomic E-state index is 4.38. The SMILES string of the molecule is CCCC(NCc1cnc(C)cn1)c1ccccc1. The van der Waals surface area contributed by atoms with E-state index in [4.69, 9.17) is 0 Å². The molecule has 1 unspecified atom stereocenters. The zero-order valence-electron chi connectivity index (χ0n) is 11.6. The molecule has 0 saturated heterocycles. The molecule has 3 nitrogen and oxygen atoms in total. The van der Waals surface area contributed by atoms with Crippen molar-refractivity contribution in [2.75, 3.05) is 0 Å². The van der Waals surface area contributed by atoms with Crippen molar-refractivity contribution >= 4 is 0 Å². The van der Waals surface area contributed by atoms with Gasteiger partial charge >= 0.3 is 0 Å². The summed E-state index contributed by atoms with van der Waals surface area (Å²) in [5.74, 6) is 0. The Balaban J connectivity index is 1.99. The number of hydrogen-bond donors (Lipinski definition) is 1. The van der Waals surface area contributed by atoms with Crippen molar-refractivity contribution in [3.05, 3.63) is 59.7 Å². The summed E-state index contributed by atoms with van der Waals surface area (Å²) >= 11 is 0. The largest absolute Gasteiger partial charge is 0.304 e. The number of aryl methyl sites for hydroxylation is 1. The Morgan fingerprint density at radius 1 is 1.11 bits per heavy atom. The predicted molar refractivity (Wildman–Crippen MR) is 77.7 cm³/mol. The average Bonchev–Trinajstić information content (AvgIpc) is 2.46. The van der Waals surface area contributed by atoms with E-state index in [2.05, 4.69) is 52.5 Å². The minimum atomic E-state index is 0.384. The lowest BCUT2D eigenvalue weighted by Crippen LogP contribution is -2.21. The van der Waals surface area contributed by atoms with Gasteiger partial charge in [-0.25, -0.2) is 0 Å². The highest BCUT2D eigenvalue weighted by atomic mass is 14.9. The fourth-order valence-electron chi connectivity index (χ4n) is 2.10. The molecule has 0 saturated carbocycles. The Bertz CT molecular complexity index is 479. The van der Waals surface area contributed by atoms with Gasteiger partial charge in [0.2, 0.25) is 0 Å². The Kier molecular flexibility index (Phi) is 5.04. The van der Waals surface area contributed by atoms with Crippen LogP contribution in [0, 0.1) is 6.92 Å². The van der Waals surface area contributed by atoms with E-state index in [0.717, 1.165) is 30.8 Å². The minimum absolute atomic E-state index is 0.384. The van der Waals surface area contributed by atoms with Crippen LogP contribution in [0.3, 0.4) is 0 Å². The average molecular weight is 255 g/mol. The summed E-state index contributed by atoms with van der Waals surface area (Å²) in [6, 6.07) is 11.0. The Hall–Kier alpha value is -1.74. The zero-order chi connectivity index (χ0) is 13.5. The van der Waals surface area contributed by atoms with Gasteiger partial charge in [0.1, 0.15) is 0 Å². The molecular weight excluding hydrogens is 234 g/mol. The van der Waals surface area contributed by atoms with Crippen molar-refractivity contribution in [1.82, 2.24) is 15.3 Å². The van der Waals surface area contributed by atoms with Gasteiger partial charge in [-0.05, 0) is 18.9 Å². The third kappa shape index (κ3) is 4.14. The molecule has 0 aliphatic heterocycles.